The van der Waals surface area contributed by atoms with Gasteiger partial charge in [0.15, 0.2) is 0 Å². The molecule has 2 fully saturated rings. The van der Waals surface area contributed by atoms with E-state index in [2.05, 4.69) is 63.4 Å². The largest absolute Gasteiger partial charge is 0.378 e. The monoisotopic (exact) mass is 543 g/mol. The Morgan fingerprint density at radius 2 is 1.77 bits per heavy atom. The second-order valence-corrected chi connectivity index (χ2v) is 11.2. The van der Waals surface area contributed by atoms with Crippen molar-refractivity contribution in [2.45, 2.75) is 25.9 Å². The summed E-state index contributed by atoms with van der Waals surface area (Å²) in [4.78, 5) is 18.3. The Morgan fingerprint density at radius 1 is 1.03 bits per heavy atom. The van der Waals surface area contributed by atoms with E-state index in [-0.39, 0.29) is 17.9 Å². The van der Waals surface area contributed by atoms with Gasteiger partial charge in [0.1, 0.15) is 0 Å². The topological polar surface area (TPSA) is 73.5 Å². The quantitative estimate of drug-likeness (QED) is 0.320. The molecule has 1 atom stereocenters. The van der Waals surface area contributed by atoms with E-state index in [1.807, 2.05) is 42.5 Å². The predicted octanol–water partition coefficient (Wildman–Crippen LogP) is 5.53. The maximum Gasteiger partial charge on any atom is 0.251 e. The van der Waals surface area contributed by atoms with Crippen molar-refractivity contribution in [1.29, 1.82) is 0 Å². The molecule has 6 rings (SSSR count). The number of amides is 1. The van der Waals surface area contributed by atoms with Crippen LogP contribution in [0.5, 0.6) is 0 Å². The number of aromatic amines is 1. The molecule has 0 aliphatic carbocycles. The number of H-pyrrole nitrogens is 1. The lowest BCUT2D eigenvalue weighted by Gasteiger charge is -2.43. The van der Waals surface area contributed by atoms with Crippen LogP contribution in [0.4, 0.5) is 5.69 Å². The summed E-state index contributed by atoms with van der Waals surface area (Å²) in [5.41, 5.74) is 5.49. The number of hydrogen-bond donors (Lipinski definition) is 2. The Labute approximate surface area is 234 Å². The second-order valence-electron chi connectivity index (χ2n) is 10.8. The first-order chi connectivity index (χ1) is 19.0. The summed E-state index contributed by atoms with van der Waals surface area (Å²) < 4.78 is 5.36. The van der Waals surface area contributed by atoms with Crippen LogP contribution in [-0.2, 0) is 4.74 Å². The smallest absolute Gasteiger partial charge is 0.251 e. The van der Waals surface area contributed by atoms with Crippen molar-refractivity contribution in [2.75, 3.05) is 44.3 Å². The molecular formula is C31H34ClN5O2. The third-order valence-electron chi connectivity index (χ3n) is 7.98. The van der Waals surface area contributed by atoms with E-state index in [9.17, 15) is 4.79 Å². The Morgan fingerprint density at radius 3 is 2.44 bits per heavy atom. The third-order valence-corrected chi connectivity index (χ3v) is 8.32. The maximum atomic E-state index is 13.4. The summed E-state index contributed by atoms with van der Waals surface area (Å²) in [6, 6.07) is 22.3. The standard InChI is InChI=1S/C31H34ClN5O2/c1-20(2)29(25-5-3-4-6-27(25)32)33-31(38)22-9-12-28-26(17-22)30(35-34-28)21-7-10-23(11-8-21)36-13-15-37(16-14-36)24-18-39-19-24/h3-12,17,20,24,29H,13-16,18-19H2,1-2H3,(H,33,38)(H,34,35)/t29-/m1/s1. The number of carbonyl (C=O) groups excluding carboxylic acids is 1. The Balaban J connectivity index is 1.19. The molecule has 8 heteroatoms. The molecule has 1 amide bonds. The first-order valence-electron chi connectivity index (χ1n) is 13.7. The van der Waals surface area contributed by atoms with E-state index < -0.39 is 0 Å². The van der Waals surface area contributed by atoms with E-state index in [0.717, 1.165) is 67.1 Å². The summed E-state index contributed by atoms with van der Waals surface area (Å²) in [7, 11) is 0. The number of ether oxygens (including phenoxy) is 1. The van der Waals surface area contributed by atoms with Crippen molar-refractivity contribution in [1.82, 2.24) is 20.4 Å². The molecule has 2 aliphatic heterocycles. The van der Waals surface area contributed by atoms with Crippen LogP contribution in [0.15, 0.2) is 66.7 Å². The Hall–Kier alpha value is -3.39. The second kappa shape index (κ2) is 11.0. The van der Waals surface area contributed by atoms with Crippen LogP contribution in [0.3, 0.4) is 0 Å². The molecular weight excluding hydrogens is 510 g/mol. The molecule has 1 aromatic heterocycles. The molecule has 2 N–H and O–H groups in total. The fourth-order valence-electron chi connectivity index (χ4n) is 5.54. The number of nitrogens with zero attached hydrogens (tertiary/aromatic N) is 3. The lowest BCUT2D eigenvalue weighted by molar-refractivity contribution is -0.0660. The van der Waals surface area contributed by atoms with Gasteiger partial charge in [-0.1, -0.05) is 55.8 Å². The van der Waals surface area contributed by atoms with Crippen molar-refractivity contribution in [3.8, 4) is 11.3 Å². The highest BCUT2D eigenvalue weighted by Gasteiger charge is 2.29. The average Bonchev–Trinajstić information content (AvgIpc) is 3.35. The van der Waals surface area contributed by atoms with E-state index in [4.69, 9.17) is 16.3 Å². The van der Waals surface area contributed by atoms with Gasteiger partial charge in [-0.2, -0.15) is 5.10 Å². The molecule has 0 unspecified atom stereocenters. The predicted molar refractivity (Wildman–Crippen MR) is 156 cm³/mol. The number of nitrogens with one attached hydrogen (secondary N) is 2. The summed E-state index contributed by atoms with van der Waals surface area (Å²) in [5, 5.41) is 12.5. The number of piperazine rings is 1. The van der Waals surface area contributed by atoms with Crippen molar-refractivity contribution < 1.29 is 9.53 Å². The zero-order chi connectivity index (χ0) is 26.9. The highest BCUT2D eigenvalue weighted by atomic mass is 35.5. The average molecular weight is 544 g/mol. The van der Waals surface area contributed by atoms with Crippen molar-refractivity contribution >= 4 is 34.1 Å². The van der Waals surface area contributed by atoms with Gasteiger partial charge in [0.05, 0.1) is 36.5 Å². The zero-order valence-electron chi connectivity index (χ0n) is 22.4. The molecule has 39 heavy (non-hydrogen) atoms. The summed E-state index contributed by atoms with van der Waals surface area (Å²) in [6.45, 7) is 10.1. The minimum absolute atomic E-state index is 0.134. The summed E-state index contributed by atoms with van der Waals surface area (Å²) in [6.07, 6.45) is 0. The first-order valence-corrected chi connectivity index (χ1v) is 14.1. The number of benzene rings is 3. The van der Waals surface area contributed by atoms with Gasteiger partial charge < -0.3 is 15.0 Å². The molecule has 202 valence electrons. The highest BCUT2D eigenvalue weighted by molar-refractivity contribution is 6.31. The van der Waals surface area contributed by atoms with Gasteiger partial charge in [0, 0.05) is 53.4 Å². The van der Waals surface area contributed by atoms with Crippen LogP contribution >= 0.6 is 11.6 Å². The van der Waals surface area contributed by atoms with Gasteiger partial charge in [0.25, 0.3) is 5.91 Å². The van der Waals surface area contributed by atoms with Gasteiger partial charge >= 0.3 is 0 Å². The number of aromatic nitrogens is 2. The van der Waals surface area contributed by atoms with Crippen LogP contribution in [0.1, 0.15) is 35.8 Å². The molecule has 3 heterocycles. The normalized spacial score (nSPS) is 17.4. The molecule has 0 radical (unpaired) electrons. The molecule has 2 aliphatic rings. The minimum Gasteiger partial charge on any atom is -0.378 e. The van der Waals surface area contributed by atoms with Gasteiger partial charge in [0.2, 0.25) is 0 Å². The number of rotatable bonds is 7. The summed E-state index contributed by atoms with van der Waals surface area (Å²) >= 11 is 6.46. The Bertz CT molecular complexity index is 1460. The van der Waals surface area contributed by atoms with Gasteiger partial charge in [-0.15, -0.1) is 0 Å². The van der Waals surface area contributed by atoms with E-state index in [1.165, 1.54) is 5.69 Å². The van der Waals surface area contributed by atoms with E-state index >= 15 is 0 Å². The van der Waals surface area contributed by atoms with E-state index in [0.29, 0.717) is 16.6 Å². The molecule has 4 aromatic rings. The van der Waals surface area contributed by atoms with E-state index in [1.54, 1.807) is 0 Å². The van der Waals surface area contributed by atoms with Gasteiger partial charge in [-0.3, -0.25) is 14.8 Å². The molecule has 2 saturated heterocycles. The third kappa shape index (κ3) is 5.26. The summed E-state index contributed by atoms with van der Waals surface area (Å²) in [5.74, 6) is 0.0430. The zero-order valence-corrected chi connectivity index (χ0v) is 23.1. The molecule has 3 aromatic carbocycles. The van der Waals surface area contributed by atoms with Crippen LogP contribution in [0.2, 0.25) is 5.02 Å². The number of hydrogen-bond acceptors (Lipinski definition) is 5. The van der Waals surface area contributed by atoms with Crippen LogP contribution in [0, 0.1) is 5.92 Å². The fourth-order valence-corrected chi connectivity index (χ4v) is 5.79. The van der Waals surface area contributed by atoms with Crippen molar-refractivity contribution in [3.63, 3.8) is 0 Å². The van der Waals surface area contributed by atoms with Crippen molar-refractivity contribution in [2.24, 2.45) is 5.92 Å². The first kappa shape index (κ1) is 25.9. The highest BCUT2D eigenvalue weighted by Crippen LogP contribution is 2.31. The molecule has 0 spiro atoms. The number of fused-ring (bicyclic) bond motifs is 1. The number of halogens is 1. The molecule has 0 saturated carbocycles. The molecule has 0 bridgehead atoms. The lowest BCUT2D eigenvalue weighted by Crippen LogP contribution is -2.56. The van der Waals surface area contributed by atoms with Gasteiger partial charge in [-0.05, 0) is 47.9 Å². The van der Waals surface area contributed by atoms with Crippen molar-refractivity contribution in [3.05, 3.63) is 82.9 Å². The Kier molecular flexibility index (Phi) is 7.30. The van der Waals surface area contributed by atoms with Crippen LogP contribution < -0.4 is 10.2 Å². The van der Waals surface area contributed by atoms with Crippen LogP contribution in [0.25, 0.3) is 22.2 Å². The lowest BCUT2D eigenvalue weighted by atomic mass is 9.95. The minimum atomic E-state index is -0.192. The fraction of sp³-hybridized carbons (Fsp3) is 0.355. The number of anilines is 1. The maximum absolute atomic E-state index is 13.4. The van der Waals surface area contributed by atoms with Crippen LogP contribution in [-0.4, -0.2) is 66.4 Å². The SMILES string of the molecule is CC(C)[C@@H](NC(=O)c1ccc2[nH]nc(-c3ccc(N4CCN(C5COC5)CC4)cc3)c2c1)c1ccccc1Cl. The molecule has 7 nitrogen and oxygen atoms in total. The van der Waals surface area contributed by atoms with Gasteiger partial charge in [-0.25, -0.2) is 0 Å². The number of carbonyl (C=O) groups is 1.